The topological polar surface area (TPSA) is 0 Å². The molecule has 0 bridgehead atoms. The third kappa shape index (κ3) is 2.93. The van der Waals surface area contributed by atoms with Gasteiger partial charge in [0.2, 0.25) is 0 Å². The van der Waals surface area contributed by atoms with Crippen molar-refractivity contribution in [3.8, 4) is 0 Å². The van der Waals surface area contributed by atoms with Gasteiger partial charge in [-0.15, -0.1) is 0 Å². The molecule has 1 aromatic rings. The van der Waals surface area contributed by atoms with Gasteiger partial charge in [-0.3, -0.25) is 0 Å². The Balaban J connectivity index is 3.74. The number of hydrogen-bond donors (Lipinski definition) is 0. The van der Waals surface area contributed by atoms with E-state index < -0.39 is 0 Å². The lowest BCUT2D eigenvalue weighted by atomic mass is 9.72. The van der Waals surface area contributed by atoms with Gasteiger partial charge in [0.15, 0.2) is 0 Å². The normalized spacial score (nSPS) is 12.3. The third-order valence-corrected chi connectivity index (χ3v) is 3.20. The molecule has 0 aliphatic heterocycles. The summed E-state index contributed by atoms with van der Waals surface area (Å²) in [4.78, 5) is 0. The molecule has 0 nitrogen and oxygen atoms in total. The Hall–Kier alpha value is -1.30. The van der Waals surface area contributed by atoms with E-state index >= 15 is 0 Å². The van der Waals surface area contributed by atoms with Gasteiger partial charge in [0, 0.05) is 0 Å². The van der Waals surface area contributed by atoms with Gasteiger partial charge in [0.1, 0.15) is 0 Å². The summed E-state index contributed by atoms with van der Waals surface area (Å²) in [5.74, 6) is 0. The molecule has 0 amide bonds. The van der Waals surface area contributed by atoms with Crippen molar-refractivity contribution in [3.63, 3.8) is 0 Å². The van der Waals surface area contributed by atoms with Gasteiger partial charge in [0.05, 0.1) is 0 Å². The number of hydrogen-bond acceptors (Lipinski definition) is 0. The van der Waals surface area contributed by atoms with Crippen molar-refractivity contribution in [2.45, 2.75) is 52.4 Å². The van der Waals surface area contributed by atoms with Crippen LogP contribution in [0.4, 0.5) is 0 Å². The lowest BCUT2D eigenvalue weighted by Gasteiger charge is -2.32. The average Bonchev–Trinajstić information content (AvgIpc) is 2.24. The van der Waals surface area contributed by atoms with Crippen molar-refractivity contribution in [2.24, 2.45) is 0 Å². The molecule has 0 radical (unpaired) electrons. The number of rotatable bonds is 2. The standard InChI is InChI=1S/C18H26/c1-9-13-11-14(10-2)16(18(6,7)8)15(12-13)17(3,4)5/h9-12H,1-2H2,3-8H3. The Morgan fingerprint density at radius 3 is 1.72 bits per heavy atom. The fourth-order valence-corrected chi connectivity index (χ4v) is 2.40. The van der Waals surface area contributed by atoms with Crippen LogP contribution >= 0.6 is 0 Å². The second-order valence-electron chi connectivity index (χ2n) is 6.94. The predicted molar refractivity (Wildman–Crippen MR) is 84.0 cm³/mol. The van der Waals surface area contributed by atoms with Gasteiger partial charge in [-0.1, -0.05) is 72.9 Å². The zero-order valence-corrected chi connectivity index (χ0v) is 12.7. The van der Waals surface area contributed by atoms with Gasteiger partial charge < -0.3 is 0 Å². The molecule has 0 aliphatic carbocycles. The summed E-state index contributed by atoms with van der Waals surface area (Å²) in [6, 6.07) is 4.44. The van der Waals surface area contributed by atoms with Gasteiger partial charge in [0.25, 0.3) is 0 Å². The predicted octanol–water partition coefficient (Wildman–Crippen LogP) is 5.57. The summed E-state index contributed by atoms with van der Waals surface area (Å²) in [6.45, 7) is 21.4. The van der Waals surface area contributed by atoms with Crippen LogP contribution in [0.1, 0.15) is 63.8 Å². The van der Waals surface area contributed by atoms with E-state index in [-0.39, 0.29) is 10.8 Å². The Morgan fingerprint density at radius 1 is 0.833 bits per heavy atom. The number of benzene rings is 1. The van der Waals surface area contributed by atoms with Crippen LogP contribution in [-0.2, 0) is 10.8 Å². The maximum atomic E-state index is 3.97. The molecule has 0 fully saturated rings. The van der Waals surface area contributed by atoms with Gasteiger partial charge in [-0.2, -0.15) is 0 Å². The molecule has 1 rings (SSSR count). The highest BCUT2D eigenvalue weighted by Crippen LogP contribution is 2.37. The second kappa shape index (κ2) is 4.76. The molecule has 1 aromatic carbocycles. The van der Waals surface area contributed by atoms with Gasteiger partial charge in [-0.25, -0.2) is 0 Å². The molecule has 0 N–H and O–H groups in total. The molecular weight excluding hydrogens is 216 g/mol. The Kier molecular flexibility index (Phi) is 3.90. The summed E-state index contributed by atoms with van der Waals surface area (Å²) in [6.07, 6.45) is 3.87. The molecule has 98 valence electrons. The minimum atomic E-state index is 0.117. The summed E-state index contributed by atoms with van der Waals surface area (Å²) >= 11 is 0. The van der Waals surface area contributed by atoms with Gasteiger partial charge in [-0.05, 0) is 39.2 Å². The smallest absolute Gasteiger partial charge is 0.0123 e. The van der Waals surface area contributed by atoms with Crippen LogP contribution in [0.25, 0.3) is 12.2 Å². The second-order valence-corrected chi connectivity index (χ2v) is 6.94. The molecule has 0 saturated carbocycles. The lowest BCUT2D eigenvalue weighted by molar-refractivity contribution is 0.529. The van der Waals surface area contributed by atoms with E-state index in [1.54, 1.807) is 0 Å². The Labute approximate surface area is 112 Å². The zero-order chi connectivity index (χ0) is 14.1. The van der Waals surface area contributed by atoms with E-state index in [4.69, 9.17) is 0 Å². The van der Waals surface area contributed by atoms with E-state index in [1.165, 1.54) is 22.3 Å². The summed E-state index contributed by atoms with van der Waals surface area (Å²) in [5, 5.41) is 0. The molecule has 0 spiro atoms. The summed E-state index contributed by atoms with van der Waals surface area (Å²) in [5.41, 5.74) is 5.43. The fraction of sp³-hybridized carbons (Fsp3) is 0.444. The van der Waals surface area contributed by atoms with Gasteiger partial charge >= 0.3 is 0 Å². The van der Waals surface area contributed by atoms with E-state index in [0.29, 0.717) is 0 Å². The molecule has 0 unspecified atom stereocenters. The van der Waals surface area contributed by atoms with E-state index in [0.717, 1.165) is 0 Å². The van der Waals surface area contributed by atoms with Crippen molar-refractivity contribution in [3.05, 3.63) is 47.5 Å². The minimum Gasteiger partial charge on any atom is -0.0985 e. The highest BCUT2D eigenvalue weighted by Gasteiger charge is 2.27. The zero-order valence-electron chi connectivity index (χ0n) is 12.7. The van der Waals surface area contributed by atoms with Crippen LogP contribution in [0.2, 0.25) is 0 Å². The highest BCUT2D eigenvalue weighted by molar-refractivity contribution is 5.64. The van der Waals surface area contributed by atoms with Crippen LogP contribution in [0.3, 0.4) is 0 Å². The van der Waals surface area contributed by atoms with Crippen LogP contribution in [0.15, 0.2) is 25.3 Å². The first kappa shape index (κ1) is 14.8. The Morgan fingerprint density at radius 2 is 1.39 bits per heavy atom. The fourth-order valence-electron chi connectivity index (χ4n) is 2.40. The largest absolute Gasteiger partial charge is 0.0985 e. The molecule has 0 heteroatoms. The van der Waals surface area contributed by atoms with Crippen LogP contribution in [0.5, 0.6) is 0 Å². The van der Waals surface area contributed by atoms with Crippen LogP contribution in [-0.4, -0.2) is 0 Å². The molecule has 0 saturated heterocycles. The first-order chi connectivity index (χ1) is 8.11. The van der Waals surface area contributed by atoms with E-state index in [2.05, 4.69) is 66.8 Å². The van der Waals surface area contributed by atoms with Crippen molar-refractivity contribution in [2.75, 3.05) is 0 Å². The van der Waals surface area contributed by atoms with Crippen molar-refractivity contribution < 1.29 is 0 Å². The van der Waals surface area contributed by atoms with Crippen molar-refractivity contribution in [1.82, 2.24) is 0 Å². The summed E-state index contributed by atoms with van der Waals surface area (Å²) < 4.78 is 0. The van der Waals surface area contributed by atoms with Crippen molar-refractivity contribution in [1.29, 1.82) is 0 Å². The summed E-state index contributed by atoms with van der Waals surface area (Å²) in [7, 11) is 0. The maximum Gasteiger partial charge on any atom is -0.0123 e. The first-order valence-corrected chi connectivity index (χ1v) is 6.55. The molecule has 0 aromatic heterocycles. The lowest BCUT2D eigenvalue weighted by Crippen LogP contribution is -2.23. The highest BCUT2D eigenvalue weighted by atomic mass is 14.3. The maximum absolute atomic E-state index is 3.97. The third-order valence-electron chi connectivity index (χ3n) is 3.20. The van der Waals surface area contributed by atoms with Crippen LogP contribution < -0.4 is 0 Å². The average molecular weight is 242 g/mol. The molecule has 0 aliphatic rings. The quantitative estimate of drug-likeness (QED) is 0.636. The monoisotopic (exact) mass is 242 g/mol. The molecule has 0 atom stereocenters. The van der Waals surface area contributed by atoms with Crippen LogP contribution in [0, 0.1) is 0 Å². The molecular formula is C18H26. The Bertz CT molecular complexity index is 462. The first-order valence-electron chi connectivity index (χ1n) is 6.55. The SMILES string of the molecule is C=Cc1cc(C=C)c(C(C)(C)C)c(C(C)(C)C)c1. The van der Waals surface area contributed by atoms with Crippen molar-refractivity contribution >= 4 is 12.2 Å². The molecule has 18 heavy (non-hydrogen) atoms. The molecule has 0 heterocycles. The van der Waals surface area contributed by atoms with E-state index in [1.807, 2.05) is 12.2 Å². The minimum absolute atomic E-state index is 0.117. The van der Waals surface area contributed by atoms with E-state index in [9.17, 15) is 0 Å².